The van der Waals surface area contributed by atoms with Crippen molar-refractivity contribution in [1.29, 1.82) is 0 Å². The third kappa shape index (κ3) is 2.64. The second-order valence-electron chi connectivity index (χ2n) is 3.52. The van der Waals surface area contributed by atoms with Gasteiger partial charge in [-0.3, -0.25) is 0 Å². The van der Waals surface area contributed by atoms with Gasteiger partial charge in [-0.25, -0.2) is 0 Å². The molecule has 0 aliphatic carbocycles. The number of halogens is 1. The molecule has 78 valence electrons. The number of ether oxygens (including phenoxy) is 1. The lowest BCUT2D eigenvalue weighted by Gasteiger charge is -2.14. The summed E-state index contributed by atoms with van der Waals surface area (Å²) in [5.74, 6) is 0.747. The van der Waals surface area contributed by atoms with E-state index in [0.29, 0.717) is 5.69 Å². The zero-order chi connectivity index (χ0) is 10.7. The highest BCUT2D eigenvalue weighted by Gasteiger charge is 2.09. The minimum absolute atomic E-state index is 0.140. The first-order valence-corrected chi connectivity index (χ1v) is 5.58. The molecule has 0 aliphatic heterocycles. The molecule has 1 aromatic carbocycles. The Bertz CT molecular complexity index is 300. The highest BCUT2D eigenvalue weighted by atomic mass is 79.9. The summed E-state index contributed by atoms with van der Waals surface area (Å²) in [6, 6.07) is 4.01. The average molecular weight is 258 g/mol. The fraction of sp³-hybridized carbons (Fsp3) is 0.455. The maximum absolute atomic E-state index is 5.89. The van der Waals surface area contributed by atoms with Crippen molar-refractivity contribution in [2.24, 2.45) is 0 Å². The second-order valence-corrected chi connectivity index (χ2v) is 4.37. The number of benzene rings is 1. The van der Waals surface area contributed by atoms with Gasteiger partial charge in [-0.1, -0.05) is 6.92 Å². The minimum Gasteiger partial charge on any atom is -0.488 e. The largest absolute Gasteiger partial charge is 0.488 e. The van der Waals surface area contributed by atoms with E-state index < -0.39 is 0 Å². The van der Waals surface area contributed by atoms with Crippen LogP contribution in [-0.2, 0) is 6.42 Å². The molecule has 0 bridgehead atoms. The van der Waals surface area contributed by atoms with Gasteiger partial charge in [0, 0.05) is 0 Å². The summed E-state index contributed by atoms with van der Waals surface area (Å²) in [6.07, 6.45) is 1.12. The predicted octanol–water partition coefficient (Wildman–Crippen LogP) is 3.38. The Labute approximate surface area is 93.6 Å². The second kappa shape index (κ2) is 4.69. The van der Waals surface area contributed by atoms with Crippen molar-refractivity contribution in [3.05, 3.63) is 22.2 Å². The topological polar surface area (TPSA) is 35.2 Å². The maximum atomic E-state index is 5.89. The van der Waals surface area contributed by atoms with Crippen LogP contribution in [0.2, 0.25) is 0 Å². The molecule has 0 saturated heterocycles. The fourth-order valence-electron chi connectivity index (χ4n) is 1.24. The molecule has 3 heteroatoms. The molecule has 2 N–H and O–H groups in total. The van der Waals surface area contributed by atoms with Crippen molar-refractivity contribution >= 4 is 21.6 Å². The van der Waals surface area contributed by atoms with Crippen LogP contribution in [0, 0.1) is 0 Å². The van der Waals surface area contributed by atoms with E-state index in [9.17, 15) is 0 Å². The van der Waals surface area contributed by atoms with Gasteiger partial charge in [-0.15, -0.1) is 0 Å². The molecule has 0 spiro atoms. The van der Waals surface area contributed by atoms with Gasteiger partial charge in [-0.05, 0) is 53.9 Å². The summed E-state index contributed by atoms with van der Waals surface area (Å²) < 4.78 is 6.54. The number of nitrogens with two attached hydrogens (primary N) is 1. The van der Waals surface area contributed by atoms with Crippen LogP contribution < -0.4 is 10.5 Å². The summed E-state index contributed by atoms with van der Waals surface area (Å²) in [4.78, 5) is 0. The number of anilines is 1. The van der Waals surface area contributed by atoms with Gasteiger partial charge in [0.15, 0.2) is 5.75 Å². The molecule has 1 aromatic rings. The SMILES string of the molecule is CCc1cc(N)c(OC(C)C)c(Br)c1. The summed E-state index contributed by atoms with van der Waals surface area (Å²) >= 11 is 3.46. The normalized spacial score (nSPS) is 10.6. The monoisotopic (exact) mass is 257 g/mol. The minimum atomic E-state index is 0.140. The van der Waals surface area contributed by atoms with Crippen LogP contribution in [0.15, 0.2) is 16.6 Å². The van der Waals surface area contributed by atoms with E-state index in [0.717, 1.165) is 16.6 Å². The molecule has 0 fully saturated rings. The number of hydrogen-bond acceptors (Lipinski definition) is 2. The number of rotatable bonds is 3. The Morgan fingerprint density at radius 2 is 2.07 bits per heavy atom. The van der Waals surface area contributed by atoms with Crippen LogP contribution in [0.4, 0.5) is 5.69 Å². The molecular formula is C11H16BrNO. The lowest BCUT2D eigenvalue weighted by molar-refractivity contribution is 0.242. The van der Waals surface area contributed by atoms with Crippen LogP contribution in [0.25, 0.3) is 0 Å². The van der Waals surface area contributed by atoms with Gasteiger partial charge in [0.2, 0.25) is 0 Å². The maximum Gasteiger partial charge on any atom is 0.156 e. The smallest absolute Gasteiger partial charge is 0.156 e. The molecule has 0 saturated carbocycles. The molecule has 0 aromatic heterocycles. The van der Waals surface area contributed by atoms with Gasteiger partial charge in [0.05, 0.1) is 16.3 Å². The van der Waals surface area contributed by atoms with Gasteiger partial charge >= 0.3 is 0 Å². The third-order valence-corrected chi connectivity index (χ3v) is 2.48. The van der Waals surface area contributed by atoms with E-state index in [1.54, 1.807) is 0 Å². The molecule has 0 unspecified atom stereocenters. The van der Waals surface area contributed by atoms with Crippen LogP contribution in [0.3, 0.4) is 0 Å². The highest BCUT2D eigenvalue weighted by Crippen LogP contribution is 2.33. The van der Waals surface area contributed by atoms with E-state index in [1.165, 1.54) is 5.56 Å². The first-order chi connectivity index (χ1) is 6.54. The van der Waals surface area contributed by atoms with Crippen molar-refractivity contribution in [1.82, 2.24) is 0 Å². The highest BCUT2D eigenvalue weighted by molar-refractivity contribution is 9.10. The molecule has 0 amide bonds. The summed E-state index contributed by atoms with van der Waals surface area (Å²) in [6.45, 7) is 6.07. The third-order valence-electron chi connectivity index (χ3n) is 1.89. The number of hydrogen-bond donors (Lipinski definition) is 1. The lowest BCUT2D eigenvalue weighted by atomic mass is 10.1. The van der Waals surface area contributed by atoms with Crippen molar-refractivity contribution < 1.29 is 4.74 Å². The number of nitrogen functional groups attached to an aromatic ring is 1. The van der Waals surface area contributed by atoms with Crippen LogP contribution >= 0.6 is 15.9 Å². The van der Waals surface area contributed by atoms with Crippen molar-refractivity contribution in [3.63, 3.8) is 0 Å². The summed E-state index contributed by atoms with van der Waals surface area (Å²) in [5, 5.41) is 0. The average Bonchev–Trinajstić information content (AvgIpc) is 2.10. The number of aryl methyl sites for hydroxylation is 1. The van der Waals surface area contributed by atoms with Crippen molar-refractivity contribution in [2.75, 3.05) is 5.73 Å². The zero-order valence-electron chi connectivity index (χ0n) is 8.80. The molecule has 0 aliphatic rings. The molecule has 0 heterocycles. The first kappa shape index (κ1) is 11.4. The van der Waals surface area contributed by atoms with E-state index in [-0.39, 0.29) is 6.10 Å². The van der Waals surface area contributed by atoms with Crippen molar-refractivity contribution in [2.45, 2.75) is 33.3 Å². The first-order valence-electron chi connectivity index (χ1n) is 4.79. The Kier molecular flexibility index (Phi) is 3.81. The summed E-state index contributed by atoms with van der Waals surface area (Å²) in [7, 11) is 0. The Morgan fingerprint density at radius 1 is 1.43 bits per heavy atom. The van der Waals surface area contributed by atoms with E-state index >= 15 is 0 Å². The molecule has 1 rings (SSSR count). The molecule has 14 heavy (non-hydrogen) atoms. The van der Waals surface area contributed by atoms with E-state index in [2.05, 4.69) is 22.9 Å². The Balaban J connectivity index is 3.05. The zero-order valence-corrected chi connectivity index (χ0v) is 10.4. The van der Waals surface area contributed by atoms with Gasteiger partial charge in [0.25, 0.3) is 0 Å². The van der Waals surface area contributed by atoms with E-state index in [4.69, 9.17) is 10.5 Å². The van der Waals surface area contributed by atoms with Gasteiger partial charge < -0.3 is 10.5 Å². The Morgan fingerprint density at radius 3 is 2.50 bits per heavy atom. The van der Waals surface area contributed by atoms with E-state index in [1.807, 2.05) is 26.0 Å². The molecule has 2 nitrogen and oxygen atoms in total. The molecule has 0 radical (unpaired) electrons. The van der Waals surface area contributed by atoms with Gasteiger partial charge in [0.1, 0.15) is 0 Å². The molecule has 0 atom stereocenters. The summed E-state index contributed by atoms with van der Waals surface area (Å²) in [5.41, 5.74) is 7.80. The standard InChI is InChI=1S/C11H16BrNO/c1-4-8-5-9(12)11(10(13)6-8)14-7(2)3/h5-7H,4,13H2,1-3H3. The predicted molar refractivity (Wildman–Crippen MR) is 63.7 cm³/mol. The quantitative estimate of drug-likeness (QED) is 0.843. The van der Waals surface area contributed by atoms with Crippen molar-refractivity contribution in [3.8, 4) is 5.75 Å². The molecular weight excluding hydrogens is 242 g/mol. The fourth-order valence-corrected chi connectivity index (χ4v) is 1.85. The van der Waals surface area contributed by atoms with Crippen LogP contribution in [0.5, 0.6) is 5.75 Å². The lowest BCUT2D eigenvalue weighted by Crippen LogP contribution is -2.08. The van der Waals surface area contributed by atoms with Crippen LogP contribution in [0.1, 0.15) is 26.3 Å². The van der Waals surface area contributed by atoms with Gasteiger partial charge in [-0.2, -0.15) is 0 Å². The van der Waals surface area contributed by atoms with Crippen LogP contribution in [-0.4, -0.2) is 6.10 Å². The Hall–Kier alpha value is -0.700.